The quantitative estimate of drug-likeness (QED) is 0.390. The number of anilines is 1. The van der Waals surface area contributed by atoms with Gasteiger partial charge in [-0.3, -0.25) is 0 Å². The second kappa shape index (κ2) is 5.67. The molecule has 0 bridgehead atoms. The Morgan fingerprint density at radius 2 is 1.82 bits per heavy atom. The predicted octanol–water partition coefficient (Wildman–Crippen LogP) is 4.75. The molecule has 1 aromatic heterocycles. The monoisotopic (exact) mass is 378 g/mol. The minimum atomic E-state index is -0.0830. The number of fused-ring (bicyclic) bond motifs is 1. The molecule has 2 aliphatic rings. The maximum Gasteiger partial charge on any atom is 0.157 e. The average Bonchev–Trinajstić information content (AvgIpc) is 3.53. The topological polar surface area (TPSA) is 80.8 Å². The average molecular weight is 378 g/mol. The molecule has 0 radical (unpaired) electrons. The largest absolute Gasteiger partial charge is 0.504 e. The summed E-state index contributed by atoms with van der Waals surface area (Å²) in [5.74, 6) is -0.151. The number of H-pyrrole nitrogens is 1. The zero-order valence-electron chi connectivity index (χ0n) is 16.4. The molecule has 2 atom stereocenters. The molecule has 2 unspecified atom stereocenters. The van der Waals surface area contributed by atoms with Gasteiger partial charge in [0.2, 0.25) is 0 Å². The number of epoxide rings is 1. The number of phenols is 2. The van der Waals surface area contributed by atoms with Gasteiger partial charge in [0, 0.05) is 33.1 Å². The Morgan fingerprint density at radius 3 is 2.50 bits per heavy atom. The summed E-state index contributed by atoms with van der Waals surface area (Å²) in [6, 6.07) is 13.7. The Morgan fingerprint density at radius 1 is 1.04 bits per heavy atom. The summed E-state index contributed by atoms with van der Waals surface area (Å²) in [5, 5.41) is 24.1. The maximum atomic E-state index is 9.84. The maximum absolute atomic E-state index is 9.84. The van der Waals surface area contributed by atoms with E-state index < -0.39 is 0 Å². The molecule has 5 nitrogen and oxygen atoms in total. The first-order chi connectivity index (χ1) is 13.3. The fraction of sp³-hybridized carbons (Fsp3) is 0.391. The highest BCUT2D eigenvalue weighted by Gasteiger charge is 2.62. The van der Waals surface area contributed by atoms with Gasteiger partial charge in [-0.2, -0.15) is 0 Å². The van der Waals surface area contributed by atoms with Gasteiger partial charge in [0.1, 0.15) is 6.10 Å². The van der Waals surface area contributed by atoms with E-state index in [9.17, 15) is 10.2 Å². The van der Waals surface area contributed by atoms with Crippen molar-refractivity contribution in [1.29, 1.82) is 0 Å². The lowest BCUT2D eigenvalue weighted by Crippen LogP contribution is -2.20. The number of nitrogens with one attached hydrogen (secondary N) is 2. The van der Waals surface area contributed by atoms with Gasteiger partial charge in [-0.15, -0.1) is 0 Å². The molecule has 146 valence electrons. The number of phenolic OH excluding ortho intramolecular Hbond substituents is 2. The molecule has 3 aromatic rings. The molecule has 1 saturated heterocycles. The first-order valence-electron chi connectivity index (χ1n) is 9.84. The lowest BCUT2D eigenvalue weighted by Gasteiger charge is -2.15. The SMILES string of the molecule is CC(C)(C)c1cc2cc(NC3OC3C3(c4ccc(O)c(O)c4)CC3)ccc2[nH]1. The highest BCUT2D eigenvalue weighted by Crippen LogP contribution is 2.58. The highest BCUT2D eigenvalue weighted by atomic mass is 16.6. The molecule has 28 heavy (non-hydrogen) atoms. The van der Waals surface area contributed by atoms with Gasteiger partial charge < -0.3 is 25.3 Å². The van der Waals surface area contributed by atoms with Crippen molar-refractivity contribution in [2.24, 2.45) is 0 Å². The summed E-state index contributed by atoms with van der Waals surface area (Å²) >= 11 is 0. The molecule has 1 aliphatic carbocycles. The Bertz CT molecular complexity index is 1060. The van der Waals surface area contributed by atoms with E-state index in [-0.39, 0.29) is 34.7 Å². The van der Waals surface area contributed by atoms with Gasteiger partial charge in [0.15, 0.2) is 17.7 Å². The Balaban J connectivity index is 1.33. The molecule has 5 heteroatoms. The molecule has 2 fully saturated rings. The van der Waals surface area contributed by atoms with E-state index in [4.69, 9.17) is 4.74 Å². The van der Waals surface area contributed by atoms with Crippen LogP contribution in [0.2, 0.25) is 0 Å². The van der Waals surface area contributed by atoms with Crippen molar-refractivity contribution in [3.8, 4) is 11.5 Å². The lowest BCUT2D eigenvalue weighted by atomic mass is 9.91. The zero-order chi connectivity index (χ0) is 19.7. The molecule has 5 rings (SSSR count). The zero-order valence-corrected chi connectivity index (χ0v) is 16.4. The van der Waals surface area contributed by atoms with Crippen molar-refractivity contribution in [2.75, 3.05) is 5.32 Å². The number of aromatic hydroxyl groups is 2. The van der Waals surface area contributed by atoms with Crippen molar-refractivity contribution in [2.45, 2.75) is 56.8 Å². The number of hydrogen-bond donors (Lipinski definition) is 4. The van der Waals surface area contributed by atoms with Crippen molar-refractivity contribution < 1.29 is 14.9 Å². The van der Waals surface area contributed by atoms with E-state index in [1.165, 1.54) is 11.1 Å². The van der Waals surface area contributed by atoms with Gasteiger partial charge >= 0.3 is 0 Å². The first kappa shape index (κ1) is 17.4. The number of aromatic nitrogens is 1. The minimum Gasteiger partial charge on any atom is -0.504 e. The molecular weight excluding hydrogens is 352 g/mol. The number of hydrogen-bond acceptors (Lipinski definition) is 4. The fourth-order valence-corrected chi connectivity index (χ4v) is 4.14. The Hall–Kier alpha value is -2.66. The van der Waals surface area contributed by atoms with E-state index in [0.29, 0.717) is 0 Å². The number of rotatable bonds is 4. The third kappa shape index (κ3) is 2.81. The van der Waals surface area contributed by atoms with E-state index in [0.717, 1.165) is 29.6 Å². The van der Waals surface area contributed by atoms with Crippen molar-refractivity contribution in [3.05, 3.63) is 53.7 Å². The fourth-order valence-electron chi connectivity index (χ4n) is 4.14. The van der Waals surface area contributed by atoms with E-state index in [2.05, 4.69) is 55.3 Å². The van der Waals surface area contributed by atoms with Crippen molar-refractivity contribution in [3.63, 3.8) is 0 Å². The molecule has 2 aromatic carbocycles. The third-order valence-electron chi connectivity index (χ3n) is 6.11. The molecule has 4 N–H and O–H groups in total. The molecular formula is C23H26N2O3. The van der Waals surface area contributed by atoms with E-state index >= 15 is 0 Å². The van der Waals surface area contributed by atoms with Crippen LogP contribution in [-0.4, -0.2) is 27.5 Å². The van der Waals surface area contributed by atoms with Gasteiger partial charge in [-0.25, -0.2) is 0 Å². The smallest absolute Gasteiger partial charge is 0.157 e. The number of ether oxygens (including phenoxy) is 1. The summed E-state index contributed by atoms with van der Waals surface area (Å²) in [6.45, 7) is 6.61. The minimum absolute atomic E-state index is 0.0306. The van der Waals surface area contributed by atoms with Crippen LogP contribution in [0.3, 0.4) is 0 Å². The van der Waals surface area contributed by atoms with E-state index in [1.807, 2.05) is 6.07 Å². The Labute approximate surface area is 164 Å². The van der Waals surface area contributed by atoms with Gasteiger partial charge in [-0.05, 0) is 54.8 Å². The van der Waals surface area contributed by atoms with Gasteiger partial charge in [0.25, 0.3) is 0 Å². The lowest BCUT2D eigenvalue weighted by molar-refractivity contribution is 0.346. The predicted molar refractivity (Wildman–Crippen MR) is 110 cm³/mol. The number of aromatic amines is 1. The molecule has 0 spiro atoms. The summed E-state index contributed by atoms with van der Waals surface area (Å²) in [5.41, 5.74) is 4.48. The van der Waals surface area contributed by atoms with Gasteiger partial charge in [0.05, 0.1) is 0 Å². The first-order valence-corrected chi connectivity index (χ1v) is 9.84. The van der Waals surface area contributed by atoms with Crippen molar-refractivity contribution >= 4 is 16.6 Å². The van der Waals surface area contributed by atoms with Crippen LogP contribution < -0.4 is 5.32 Å². The molecule has 1 aliphatic heterocycles. The summed E-state index contributed by atoms with van der Waals surface area (Å²) in [6.07, 6.45) is 2.12. The van der Waals surface area contributed by atoms with Crippen LogP contribution in [0.1, 0.15) is 44.9 Å². The van der Waals surface area contributed by atoms with E-state index in [1.54, 1.807) is 12.1 Å². The van der Waals surface area contributed by atoms with Gasteiger partial charge in [-0.1, -0.05) is 26.8 Å². The van der Waals surface area contributed by atoms with Crippen LogP contribution in [0, 0.1) is 0 Å². The van der Waals surface area contributed by atoms with Crippen LogP contribution in [0.5, 0.6) is 11.5 Å². The second-order valence-corrected chi connectivity index (χ2v) is 9.22. The molecule has 2 heterocycles. The van der Waals surface area contributed by atoms with Crippen LogP contribution >= 0.6 is 0 Å². The number of benzene rings is 2. The summed E-state index contributed by atoms with van der Waals surface area (Å²) in [4.78, 5) is 3.50. The second-order valence-electron chi connectivity index (χ2n) is 9.22. The highest BCUT2D eigenvalue weighted by molar-refractivity contribution is 5.84. The van der Waals surface area contributed by atoms with Crippen molar-refractivity contribution in [1.82, 2.24) is 4.98 Å². The van der Waals surface area contributed by atoms with Crippen LogP contribution in [0.15, 0.2) is 42.5 Å². The van der Waals surface area contributed by atoms with Crippen LogP contribution in [-0.2, 0) is 15.6 Å². The molecule has 1 saturated carbocycles. The van der Waals surface area contributed by atoms with Crippen LogP contribution in [0.25, 0.3) is 10.9 Å². The summed E-state index contributed by atoms with van der Waals surface area (Å²) < 4.78 is 5.98. The standard InChI is InChI=1S/C23H26N2O3/c1-22(2,3)19-11-13-10-15(5-6-16(13)25-19)24-21-20(28-21)23(8-9-23)14-4-7-17(26)18(27)12-14/h4-7,10-12,20-21,24-27H,8-9H2,1-3H3. The Kier molecular flexibility index (Phi) is 3.53. The molecule has 0 amide bonds. The van der Waals surface area contributed by atoms with Crippen LogP contribution in [0.4, 0.5) is 5.69 Å². The summed E-state index contributed by atoms with van der Waals surface area (Å²) in [7, 11) is 0. The normalized spacial score (nSPS) is 23.0. The third-order valence-corrected chi connectivity index (χ3v) is 6.11.